The number of urea groups is 1. The minimum atomic E-state index is -0.155. The number of carbonyl (C=O) groups excluding carboxylic acids is 1. The van der Waals surface area contributed by atoms with Crippen molar-refractivity contribution in [3.8, 4) is 0 Å². The predicted octanol–water partition coefficient (Wildman–Crippen LogP) is 2.54. The molecule has 2 aromatic heterocycles. The van der Waals surface area contributed by atoms with Gasteiger partial charge in [-0.15, -0.1) is 0 Å². The topological polar surface area (TPSA) is 97.3 Å². The van der Waals surface area contributed by atoms with Crippen LogP contribution in [-0.4, -0.2) is 32.8 Å². The van der Waals surface area contributed by atoms with Crippen LogP contribution in [0.2, 0.25) is 0 Å². The number of likely N-dealkylation sites (tertiary alicyclic amines) is 1. The highest BCUT2D eigenvalue weighted by molar-refractivity contribution is 5.74. The third-order valence-electron chi connectivity index (χ3n) is 3.86. The van der Waals surface area contributed by atoms with Crippen molar-refractivity contribution in [2.24, 2.45) is 0 Å². The molecule has 1 saturated heterocycles. The number of nitrogens with one attached hydrogen (secondary N) is 1. The Morgan fingerprint density at radius 3 is 2.91 bits per heavy atom. The molecular weight excluding hydrogens is 298 g/mol. The van der Waals surface area contributed by atoms with Gasteiger partial charge in [0, 0.05) is 18.5 Å². The van der Waals surface area contributed by atoms with E-state index in [1.54, 1.807) is 4.90 Å². The van der Waals surface area contributed by atoms with Gasteiger partial charge in [0.2, 0.25) is 5.89 Å². The quantitative estimate of drug-likeness (QED) is 0.930. The number of amides is 2. The maximum absolute atomic E-state index is 12.4. The Balaban J connectivity index is 1.60. The summed E-state index contributed by atoms with van der Waals surface area (Å²) in [4.78, 5) is 18.4. The molecule has 8 nitrogen and oxygen atoms in total. The van der Waals surface area contributed by atoms with Gasteiger partial charge in [-0.1, -0.05) is 24.2 Å². The Bertz CT molecular complexity index is 678. The monoisotopic (exact) mass is 319 g/mol. The SMILES string of the molecule is Cc1cc([C@H]2CCCN2C(=O)NCc2noc(C(C)C)n2)on1. The van der Waals surface area contributed by atoms with Crippen LogP contribution in [-0.2, 0) is 6.54 Å². The molecule has 23 heavy (non-hydrogen) atoms. The zero-order valence-corrected chi connectivity index (χ0v) is 13.6. The fourth-order valence-corrected chi connectivity index (χ4v) is 2.68. The third kappa shape index (κ3) is 3.35. The summed E-state index contributed by atoms with van der Waals surface area (Å²) in [5.41, 5.74) is 0.820. The summed E-state index contributed by atoms with van der Waals surface area (Å²) < 4.78 is 10.4. The van der Waals surface area contributed by atoms with Crippen LogP contribution in [0.4, 0.5) is 4.79 Å². The van der Waals surface area contributed by atoms with Gasteiger partial charge in [0.15, 0.2) is 11.6 Å². The van der Waals surface area contributed by atoms with Crippen molar-refractivity contribution in [1.29, 1.82) is 0 Å². The number of carbonyl (C=O) groups is 1. The van der Waals surface area contributed by atoms with Gasteiger partial charge in [-0.2, -0.15) is 4.98 Å². The minimum absolute atomic E-state index is 0.0623. The smallest absolute Gasteiger partial charge is 0.318 e. The average Bonchev–Trinajstić information content (AvgIpc) is 3.24. The summed E-state index contributed by atoms with van der Waals surface area (Å²) in [6.07, 6.45) is 1.82. The second kappa shape index (κ2) is 6.39. The largest absolute Gasteiger partial charge is 0.359 e. The molecule has 0 spiro atoms. The maximum atomic E-state index is 12.4. The molecule has 1 fully saturated rings. The standard InChI is InChI=1S/C15H21N5O3/c1-9(2)14-17-13(19-23-14)8-16-15(21)20-6-4-5-11(20)12-7-10(3)18-22-12/h7,9,11H,4-6,8H2,1-3H3,(H,16,21)/t11-/m1/s1. The second-order valence-corrected chi connectivity index (χ2v) is 6.08. The van der Waals surface area contributed by atoms with Crippen molar-refractivity contribution in [3.63, 3.8) is 0 Å². The first-order valence-corrected chi connectivity index (χ1v) is 7.84. The molecule has 124 valence electrons. The molecule has 1 atom stereocenters. The van der Waals surface area contributed by atoms with E-state index in [0.29, 0.717) is 18.3 Å². The lowest BCUT2D eigenvalue weighted by atomic mass is 10.1. The van der Waals surface area contributed by atoms with Gasteiger partial charge >= 0.3 is 6.03 Å². The molecule has 1 N–H and O–H groups in total. The van der Waals surface area contributed by atoms with Gasteiger partial charge in [-0.05, 0) is 19.8 Å². The Morgan fingerprint density at radius 1 is 1.43 bits per heavy atom. The summed E-state index contributed by atoms with van der Waals surface area (Å²) in [5, 5.41) is 10.6. The van der Waals surface area contributed by atoms with Gasteiger partial charge in [-0.3, -0.25) is 0 Å². The number of rotatable bonds is 4. The summed E-state index contributed by atoms with van der Waals surface area (Å²) in [7, 11) is 0. The fourth-order valence-electron chi connectivity index (χ4n) is 2.68. The normalized spacial score (nSPS) is 17.9. The van der Waals surface area contributed by atoms with E-state index in [0.717, 1.165) is 24.3 Å². The Morgan fingerprint density at radius 2 is 2.26 bits per heavy atom. The lowest BCUT2D eigenvalue weighted by Crippen LogP contribution is -2.39. The van der Waals surface area contributed by atoms with E-state index in [1.807, 2.05) is 26.8 Å². The highest BCUT2D eigenvalue weighted by Gasteiger charge is 2.32. The van der Waals surface area contributed by atoms with Crippen LogP contribution in [0.15, 0.2) is 15.1 Å². The number of aromatic nitrogens is 3. The molecular formula is C15H21N5O3. The van der Waals surface area contributed by atoms with Gasteiger partial charge < -0.3 is 19.3 Å². The summed E-state index contributed by atoms with van der Waals surface area (Å²) in [5.74, 6) is 1.96. The molecule has 0 aliphatic carbocycles. The van der Waals surface area contributed by atoms with Crippen molar-refractivity contribution < 1.29 is 13.8 Å². The first-order chi connectivity index (χ1) is 11.0. The van der Waals surface area contributed by atoms with Crippen LogP contribution >= 0.6 is 0 Å². The second-order valence-electron chi connectivity index (χ2n) is 6.08. The molecule has 3 heterocycles. The summed E-state index contributed by atoms with van der Waals surface area (Å²) >= 11 is 0. The van der Waals surface area contributed by atoms with Gasteiger partial charge in [0.25, 0.3) is 0 Å². The number of hydrogen-bond donors (Lipinski definition) is 1. The van der Waals surface area contributed by atoms with E-state index in [1.165, 1.54) is 0 Å². The molecule has 1 aliphatic heterocycles. The Kier molecular flexibility index (Phi) is 4.31. The van der Waals surface area contributed by atoms with Crippen LogP contribution < -0.4 is 5.32 Å². The summed E-state index contributed by atoms with van der Waals surface area (Å²) in [6.45, 7) is 6.76. The van der Waals surface area contributed by atoms with Crippen LogP contribution in [0.25, 0.3) is 0 Å². The Hall–Kier alpha value is -2.38. The van der Waals surface area contributed by atoms with Crippen molar-refractivity contribution in [2.45, 2.75) is 52.1 Å². The van der Waals surface area contributed by atoms with Crippen LogP contribution in [0, 0.1) is 6.92 Å². The molecule has 0 radical (unpaired) electrons. The predicted molar refractivity (Wildman–Crippen MR) is 80.5 cm³/mol. The molecule has 0 saturated carbocycles. The lowest BCUT2D eigenvalue weighted by Gasteiger charge is -2.22. The van der Waals surface area contributed by atoms with Crippen molar-refractivity contribution >= 4 is 6.03 Å². The molecule has 8 heteroatoms. The van der Waals surface area contributed by atoms with E-state index >= 15 is 0 Å². The van der Waals surface area contributed by atoms with Crippen molar-refractivity contribution in [2.75, 3.05) is 6.54 Å². The molecule has 3 rings (SSSR count). The van der Waals surface area contributed by atoms with Crippen LogP contribution in [0.1, 0.15) is 61.8 Å². The molecule has 0 bridgehead atoms. The van der Waals surface area contributed by atoms with E-state index < -0.39 is 0 Å². The van der Waals surface area contributed by atoms with E-state index in [4.69, 9.17) is 9.05 Å². The molecule has 0 unspecified atom stereocenters. The van der Waals surface area contributed by atoms with E-state index in [2.05, 4.69) is 20.6 Å². The molecule has 2 amide bonds. The van der Waals surface area contributed by atoms with Crippen LogP contribution in [0.5, 0.6) is 0 Å². The van der Waals surface area contributed by atoms with Crippen molar-refractivity contribution in [1.82, 2.24) is 25.5 Å². The molecule has 0 aromatic carbocycles. The Labute approximate surface area is 134 Å². The van der Waals surface area contributed by atoms with Gasteiger partial charge in [0.05, 0.1) is 18.3 Å². The van der Waals surface area contributed by atoms with E-state index in [9.17, 15) is 4.79 Å². The zero-order valence-electron chi connectivity index (χ0n) is 13.6. The highest BCUT2D eigenvalue weighted by atomic mass is 16.5. The first-order valence-electron chi connectivity index (χ1n) is 7.84. The molecule has 2 aromatic rings. The zero-order chi connectivity index (χ0) is 16.4. The number of nitrogens with zero attached hydrogens (tertiary/aromatic N) is 4. The third-order valence-corrected chi connectivity index (χ3v) is 3.86. The number of aryl methyl sites for hydroxylation is 1. The fraction of sp³-hybridized carbons (Fsp3) is 0.600. The minimum Gasteiger partial charge on any atom is -0.359 e. The van der Waals surface area contributed by atoms with Crippen LogP contribution in [0.3, 0.4) is 0 Å². The van der Waals surface area contributed by atoms with Gasteiger partial charge in [-0.25, -0.2) is 4.79 Å². The van der Waals surface area contributed by atoms with E-state index in [-0.39, 0.29) is 24.5 Å². The number of hydrogen-bond acceptors (Lipinski definition) is 6. The summed E-state index contributed by atoms with van der Waals surface area (Å²) in [6, 6.07) is 1.66. The highest BCUT2D eigenvalue weighted by Crippen LogP contribution is 2.32. The lowest BCUT2D eigenvalue weighted by molar-refractivity contribution is 0.181. The molecule has 1 aliphatic rings. The maximum Gasteiger partial charge on any atom is 0.318 e. The van der Waals surface area contributed by atoms with Crippen molar-refractivity contribution in [3.05, 3.63) is 29.2 Å². The first kappa shape index (κ1) is 15.5. The average molecular weight is 319 g/mol. The van der Waals surface area contributed by atoms with Gasteiger partial charge in [0.1, 0.15) is 0 Å².